The molecule has 1 N–H and O–H groups in total. The predicted molar refractivity (Wildman–Crippen MR) is 89.9 cm³/mol. The van der Waals surface area contributed by atoms with Crippen LogP contribution in [0.3, 0.4) is 0 Å². The summed E-state index contributed by atoms with van der Waals surface area (Å²) < 4.78 is 5.86. The van der Waals surface area contributed by atoms with Gasteiger partial charge in [-0.15, -0.1) is 0 Å². The average Bonchev–Trinajstić information content (AvgIpc) is 2.61. The van der Waals surface area contributed by atoms with Gasteiger partial charge in [0.2, 0.25) is 0 Å². The van der Waals surface area contributed by atoms with Gasteiger partial charge in [0.25, 0.3) is 0 Å². The van der Waals surface area contributed by atoms with Crippen molar-refractivity contribution in [3.05, 3.63) is 54.2 Å². The maximum atomic E-state index is 12.4. The second-order valence-corrected chi connectivity index (χ2v) is 6.72. The van der Waals surface area contributed by atoms with Gasteiger partial charge in [0.05, 0.1) is 5.60 Å². The first-order valence-electron chi connectivity index (χ1n) is 7.51. The molecule has 114 valence electrons. The van der Waals surface area contributed by atoms with Crippen LogP contribution < -0.4 is 5.32 Å². The molecule has 0 bridgehead atoms. The van der Waals surface area contributed by atoms with E-state index in [9.17, 15) is 4.79 Å². The zero-order valence-electron chi connectivity index (χ0n) is 13.4. The van der Waals surface area contributed by atoms with Crippen LogP contribution in [0.5, 0.6) is 0 Å². The van der Waals surface area contributed by atoms with E-state index in [1.165, 1.54) is 10.8 Å². The van der Waals surface area contributed by atoms with Gasteiger partial charge in [-0.2, -0.15) is 0 Å². The van der Waals surface area contributed by atoms with Crippen molar-refractivity contribution >= 4 is 22.2 Å². The van der Waals surface area contributed by atoms with Crippen LogP contribution in [0.1, 0.15) is 27.7 Å². The number of rotatable bonds is 2. The van der Waals surface area contributed by atoms with Crippen molar-refractivity contribution in [3.8, 4) is 0 Å². The first-order valence-corrected chi connectivity index (χ1v) is 7.51. The van der Waals surface area contributed by atoms with Crippen molar-refractivity contribution in [1.29, 1.82) is 0 Å². The number of anilines is 1. The third-order valence-corrected chi connectivity index (χ3v) is 4.08. The summed E-state index contributed by atoms with van der Waals surface area (Å²) in [4.78, 5) is 12.4. The van der Waals surface area contributed by atoms with Crippen LogP contribution in [-0.4, -0.2) is 17.0 Å². The van der Waals surface area contributed by atoms with Crippen molar-refractivity contribution in [2.75, 3.05) is 5.32 Å². The van der Waals surface area contributed by atoms with E-state index < -0.39 is 11.2 Å². The fourth-order valence-corrected chi connectivity index (χ4v) is 3.01. The molecule has 1 heterocycles. The number of Topliss-reactive ketones (excluding diaryl/α,β-unsaturated/α-hetero) is 1. The van der Waals surface area contributed by atoms with Gasteiger partial charge in [-0.05, 0) is 50.6 Å². The Kier molecular flexibility index (Phi) is 3.33. The lowest BCUT2D eigenvalue weighted by molar-refractivity contribution is -0.132. The molecule has 1 aliphatic rings. The van der Waals surface area contributed by atoms with E-state index in [1.54, 1.807) is 6.20 Å². The molecule has 0 aromatic heterocycles. The second kappa shape index (κ2) is 4.96. The minimum atomic E-state index is -0.763. The molecule has 0 spiro atoms. The largest absolute Gasteiger partial charge is 0.361 e. The quantitative estimate of drug-likeness (QED) is 0.840. The fraction of sp³-hybridized carbons (Fsp3) is 0.316. The van der Waals surface area contributed by atoms with Gasteiger partial charge < -0.3 is 10.1 Å². The third-order valence-electron chi connectivity index (χ3n) is 4.08. The summed E-state index contributed by atoms with van der Waals surface area (Å²) in [6.45, 7) is 7.48. The maximum absolute atomic E-state index is 12.4. The second-order valence-electron chi connectivity index (χ2n) is 6.72. The number of carbonyl (C=O) groups excluding carboxylic acids is 1. The molecule has 2 aromatic rings. The zero-order valence-corrected chi connectivity index (χ0v) is 13.4. The van der Waals surface area contributed by atoms with Gasteiger partial charge in [0.1, 0.15) is 5.60 Å². The molecule has 3 nitrogen and oxygen atoms in total. The molecule has 0 saturated carbocycles. The lowest BCUT2D eigenvalue weighted by Crippen LogP contribution is -2.29. The zero-order chi connectivity index (χ0) is 16.0. The standard InChI is InChI=1S/C19H21NO2/c1-18(2)16(17(21)19(3,4)22-18)12-20-15-10-9-13-7-5-6-8-14(13)11-15/h5-12,20H,1-4H3/b16-12-. The highest BCUT2D eigenvalue weighted by molar-refractivity contribution is 6.05. The van der Waals surface area contributed by atoms with Gasteiger partial charge in [-0.3, -0.25) is 4.79 Å². The molecule has 1 fully saturated rings. The highest BCUT2D eigenvalue weighted by Gasteiger charge is 2.49. The summed E-state index contributed by atoms with van der Waals surface area (Å²) in [5, 5.41) is 5.60. The summed E-state index contributed by atoms with van der Waals surface area (Å²) in [5.74, 6) is 0.0331. The summed E-state index contributed by atoms with van der Waals surface area (Å²) in [6, 6.07) is 14.4. The molecule has 0 amide bonds. The first kappa shape index (κ1) is 14.8. The minimum Gasteiger partial charge on any atom is -0.361 e. The van der Waals surface area contributed by atoms with E-state index in [1.807, 2.05) is 45.9 Å². The lowest BCUT2D eigenvalue weighted by atomic mass is 9.93. The normalized spacial score (nSPS) is 21.5. The Labute approximate surface area is 131 Å². The molecular weight excluding hydrogens is 274 g/mol. The maximum Gasteiger partial charge on any atom is 0.194 e. The summed E-state index contributed by atoms with van der Waals surface area (Å²) in [7, 11) is 0. The molecule has 3 heteroatoms. The molecule has 1 saturated heterocycles. The number of fused-ring (bicyclic) bond motifs is 1. The smallest absolute Gasteiger partial charge is 0.194 e. The highest BCUT2D eigenvalue weighted by Crippen LogP contribution is 2.38. The Morgan fingerprint density at radius 1 is 0.955 bits per heavy atom. The molecule has 2 aromatic carbocycles. The molecule has 0 unspecified atom stereocenters. The summed E-state index contributed by atoms with van der Waals surface area (Å²) in [5.41, 5.74) is 0.287. The van der Waals surface area contributed by atoms with Gasteiger partial charge in [-0.1, -0.05) is 30.3 Å². The van der Waals surface area contributed by atoms with Crippen LogP contribution >= 0.6 is 0 Å². The molecule has 3 rings (SSSR count). The number of benzene rings is 2. The number of hydrogen-bond acceptors (Lipinski definition) is 3. The summed E-state index contributed by atoms with van der Waals surface area (Å²) >= 11 is 0. The van der Waals surface area contributed by atoms with E-state index in [4.69, 9.17) is 4.74 Å². The Morgan fingerprint density at radius 2 is 1.64 bits per heavy atom. The van der Waals surface area contributed by atoms with Gasteiger partial charge in [0, 0.05) is 17.5 Å². The Morgan fingerprint density at radius 3 is 2.27 bits per heavy atom. The van der Waals surface area contributed by atoms with Crippen molar-refractivity contribution in [1.82, 2.24) is 0 Å². The van der Waals surface area contributed by atoms with Crippen LogP contribution in [0, 0.1) is 0 Å². The predicted octanol–water partition coefficient (Wildman–Crippen LogP) is 4.29. The van der Waals surface area contributed by atoms with E-state index >= 15 is 0 Å². The topological polar surface area (TPSA) is 38.3 Å². The van der Waals surface area contributed by atoms with Gasteiger partial charge in [0.15, 0.2) is 5.78 Å². The molecule has 0 aliphatic carbocycles. The number of nitrogens with one attached hydrogen (secondary N) is 1. The van der Waals surface area contributed by atoms with E-state index in [0.29, 0.717) is 5.57 Å². The fourth-order valence-electron chi connectivity index (χ4n) is 3.01. The molecule has 1 aliphatic heterocycles. The molecule has 0 atom stereocenters. The number of carbonyl (C=O) groups is 1. The van der Waals surface area contributed by atoms with E-state index in [0.717, 1.165) is 5.69 Å². The monoisotopic (exact) mass is 295 g/mol. The first-order chi connectivity index (χ1) is 10.3. The van der Waals surface area contributed by atoms with E-state index in [-0.39, 0.29) is 5.78 Å². The van der Waals surface area contributed by atoms with Crippen molar-refractivity contribution in [2.45, 2.75) is 38.9 Å². The van der Waals surface area contributed by atoms with Crippen LogP contribution in [0.15, 0.2) is 54.2 Å². The van der Waals surface area contributed by atoms with Gasteiger partial charge >= 0.3 is 0 Å². The molecule has 22 heavy (non-hydrogen) atoms. The van der Waals surface area contributed by atoms with Crippen LogP contribution in [0.2, 0.25) is 0 Å². The third kappa shape index (κ3) is 2.53. The Balaban J connectivity index is 1.90. The Hall–Kier alpha value is -2.13. The Bertz CT molecular complexity index is 772. The van der Waals surface area contributed by atoms with Crippen LogP contribution in [-0.2, 0) is 9.53 Å². The molecule has 0 radical (unpaired) electrons. The van der Waals surface area contributed by atoms with Crippen LogP contribution in [0.4, 0.5) is 5.69 Å². The SMILES string of the molecule is CC1(C)OC(C)(C)/C(=C\Nc2ccc3ccccc3c2)C1=O. The van der Waals surface area contributed by atoms with Crippen molar-refractivity contribution in [2.24, 2.45) is 0 Å². The van der Waals surface area contributed by atoms with E-state index in [2.05, 4.69) is 29.6 Å². The number of ketones is 1. The van der Waals surface area contributed by atoms with Crippen molar-refractivity contribution in [3.63, 3.8) is 0 Å². The number of ether oxygens (including phenoxy) is 1. The van der Waals surface area contributed by atoms with Crippen LogP contribution in [0.25, 0.3) is 10.8 Å². The molecular formula is C19H21NO2. The van der Waals surface area contributed by atoms with Gasteiger partial charge in [-0.25, -0.2) is 0 Å². The minimum absolute atomic E-state index is 0.0331. The summed E-state index contributed by atoms with van der Waals surface area (Å²) in [6.07, 6.45) is 1.78. The lowest BCUT2D eigenvalue weighted by Gasteiger charge is -2.22. The highest BCUT2D eigenvalue weighted by atomic mass is 16.5. The average molecular weight is 295 g/mol. The number of hydrogen-bond donors (Lipinski definition) is 1. The van der Waals surface area contributed by atoms with Crippen molar-refractivity contribution < 1.29 is 9.53 Å².